The predicted molar refractivity (Wildman–Crippen MR) is 100 cm³/mol. The average molecular weight is 406 g/mol. The Labute approximate surface area is 161 Å². The quantitative estimate of drug-likeness (QED) is 0.595. The Bertz CT molecular complexity index is 1090. The van der Waals surface area contributed by atoms with E-state index < -0.39 is 15.8 Å². The summed E-state index contributed by atoms with van der Waals surface area (Å²) in [5, 5.41) is 0.610. The molecule has 0 fully saturated rings. The molecular weight excluding hydrogens is 390 g/mol. The van der Waals surface area contributed by atoms with Gasteiger partial charge in [0.1, 0.15) is 0 Å². The van der Waals surface area contributed by atoms with E-state index in [2.05, 4.69) is 4.98 Å². The molecule has 3 rings (SSSR count). The topological polar surface area (TPSA) is 86.5 Å². The van der Waals surface area contributed by atoms with Crippen molar-refractivity contribution in [3.8, 4) is 11.3 Å². The second-order valence-electron chi connectivity index (χ2n) is 5.95. The minimum atomic E-state index is -3.42. The summed E-state index contributed by atoms with van der Waals surface area (Å²) in [5.41, 5.74) is 1.59. The van der Waals surface area contributed by atoms with Crippen molar-refractivity contribution in [3.63, 3.8) is 0 Å². The molecule has 0 atom stereocenters. The summed E-state index contributed by atoms with van der Waals surface area (Å²) in [5.74, 6) is 0.0995. The van der Waals surface area contributed by atoms with Crippen LogP contribution in [0.5, 0.6) is 0 Å². The average Bonchev–Trinajstić information content (AvgIpc) is 3.08. The second kappa shape index (κ2) is 7.54. The Kier molecular flexibility index (Phi) is 5.34. The highest BCUT2D eigenvalue weighted by Crippen LogP contribution is 2.23. The Morgan fingerprint density at radius 1 is 1.19 bits per heavy atom. The van der Waals surface area contributed by atoms with Crippen LogP contribution in [0.15, 0.2) is 58.0 Å². The maximum atomic E-state index is 12.3. The van der Waals surface area contributed by atoms with E-state index in [0.717, 1.165) is 11.8 Å². The molecule has 0 bridgehead atoms. The van der Waals surface area contributed by atoms with Crippen LogP contribution in [0.25, 0.3) is 11.3 Å². The van der Waals surface area contributed by atoms with E-state index in [0.29, 0.717) is 16.3 Å². The van der Waals surface area contributed by atoms with Gasteiger partial charge >= 0.3 is 5.97 Å². The van der Waals surface area contributed by atoms with Crippen LogP contribution in [0.3, 0.4) is 0 Å². The Morgan fingerprint density at radius 3 is 2.56 bits per heavy atom. The maximum Gasteiger partial charge on any atom is 0.338 e. The molecule has 0 saturated heterocycles. The van der Waals surface area contributed by atoms with Gasteiger partial charge in [-0.05, 0) is 48.9 Å². The van der Waals surface area contributed by atoms with Crippen molar-refractivity contribution in [1.29, 1.82) is 0 Å². The first kappa shape index (κ1) is 19.1. The third-order valence-electron chi connectivity index (χ3n) is 3.87. The number of ether oxygens (including phenoxy) is 1. The third kappa shape index (κ3) is 4.56. The minimum Gasteiger partial charge on any atom is -0.452 e. The molecule has 140 valence electrons. The van der Waals surface area contributed by atoms with Crippen molar-refractivity contribution in [1.82, 2.24) is 4.98 Å². The van der Waals surface area contributed by atoms with Crippen LogP contribution in [0.2, 0.25) is 5.02 Å². The van der Waals surface area contributed by atoms with E-state index in [-0.39, 0.29) is 23.0 Å². The molecule has 8 heteroatoms. The fraction of sp³-hybridized carbons (Fsp3) is 0.158. The van der Waals surface area contributed by atoms with Gasteiger partial charge in [-0.3, -0.25) is 0 Å². The Morgan fingerprint density at radius 2 is 1.89 bits per heavy atom. The van der Waals surface area contributed by atoms with Gasteiger partial charge in [0.15, 0.2) is 22.2 Å². The second-order valence-corrected chi connectivity index (χ2v) is 8.40. The molecule has 0 aliphatic heterocycles. The molecule has 0 amide bonds. The zero-order valence-corrected chi connectivity index (χ0v) is 16.2. The number of hydrogen-bond acceptors (Lipinski definition) is 6. The van der Waals surface area contributed by atoms with E-state index in [9.17, 15) is 13.2 Å². The van der Waals surface area contributed by atoms with Gasteiger partial charge in [0, 0.05) is 16.8 Å². The van der Waals surface area contributed by atoms with Crippen LogP contribution in [0.1, 0.15) is 21.8 Å². The molecule has 0 unspecified atom stereocenters. The number of carbonyl (C=O) groups excluding carboxylic acids is 1. The van der Waals surface area contributed by atoms with Crippen LogP contribution < -0.4 is 0 Å². The van der Waals surface area contributed by atoms with Crippen LogP contribution in [0.4, 0.5) is 0 Å². The number of hydrogen-bond donors (Lipinski definition) is 0. The highest BCUT2D eigenvalue weighted by atomic mass is 35.5. The van der Waals surface area contributed by atoms with Crippen molar-refractivity contribution in [2.75, 3.05) is 6.26 Å². The lowest BCUT2D eigenvalue weighted by molar-refractivity contribution is 0.0438. The summed E-state index contributed by atoms with van der Waals surface area (Å²) in [4.78, 5) is 16.5. The van der Waals surface area contributed by atoms with Gasteiger partial charge in [-0.25, -0.2) is 18.2 Å². The third-order valence-corrected chi connectivity index (χ3v) is 5.23. The van der Waals surface area contributed by atoms with Crippen LogP contribution >= 0.6 is 11.6 Å². The van der Waals surface area contributed by atoms with Crippen molar-refractivity contribution in [3.05, 3.63) is 70.7 Å². The van der Waals surface area contributed by atoms with E-state index >= 15 is 0 Å². The van der Waals surface area contributed by atoms with E-state index in [1.807, 2.05) is 0 Å². The molecule has 2 aromatic carbocycles. The SMILES string of the molecule is Cc1ccc(S(C)(=O)=O)cc1C(=O)OCc1ncc(-c2ccc(Cl)cc2)o1. The number of carbonyl (C=O) groups is 1. The van der Waals surface area contributed by atoms with Gasteiger partial charge in [0.05, 0.1) is 16.7 Å². The van der Waals surface area contributed by atoms with Crippen LogP contribution in [-0.2, 0) is 21.2 Å². The molecule has 0 saturated carbocycles. The van der Waals surface area contributed by atoms with Gasteiger partial charge in [0.2, 0.25) is 5.89 Å². The zero-order chi connectivity index (χ0) is 19.6. The summed E-state index contributed by atoms with van der Waals surface area (Å²) in [6.45, 7) is 1.53. The van der Waals surface area contributed by atoms with Gasteiger partial charge in [0.25, 0.3) is 0 Å². The molecule has 1 heterocycles. The number of rotatable bonds is 5. The van der Waals surface area contributed by atoms with Gasteiger partial charge in [-0.15, -0.1) is 0 Å². The highest BCUT2D eigenvalue weighted by Gasteiger charge is 2.17. The molecule has 0 aliphatic carbocycles. The monoisotopic (exact) mass is 405 g/mol. The zero-order valence-electron chi connectivity index (χ0n) is 14.6. The first-order valence-electron chi connectivity index (χ1n) is 7.92. The molecule has 0 aliphatic rings. The molecule has 27 heavy (non-hydrogen) atoms. The number of nitrogens with zero attached hydrogens (tertiary/aromatic N) is 1. The molecule has 1 aromatic heterocycles. The first-order chi connectivity index (χ1) is 12.7. The van der Waals surface area contributed by atoms with E-state index in [1.54, 1.807) is 37.3 Å². The first-order valence-corrected chi connectivity index (χ1v) is 10.2. The number of aromatic nitrogens is 1. The summed E-state index contributed by atoms with van der Waals surface area (Å²) >= 11 is 5.86. The summed E-state index contributed by atoms with van der Waals surface area (Å²) < 4.78 is 34.1. The van der Waals surface area contributed by atoms with Crippen LogP contribution in [-0.4, -0.2) is 25.6 Å². The summed E-state index contributed by atoms with van der Waals surface area (Å²) in [6, 6.07) is 11.4. The minimum absolute atomic E-state index is 0.0567. The lowest BCUT2D eigenvalue weighted by atomic mass is 10.1. The maximum absolute atomic E-state index is 12.3. The molecule has 3 aromatic rings. The lowest BCUT2D eigenvalue weighted by Gasteiger charge is -2.07. The van der Waals surface area contributed by atoms with Crippen molar-refractivity contribution >= 4 is 27.4 Å². The number of oxazole rings is 1. The normalized spacial score (nSPS) is 11.4. The van der Waals surface area contributed by atoms with Crippen molar-refractivity contribution < 1.29 is 22.4 Å². The number of halogens is 1. The molecule has 0 N–H and O–H groups in total. The number of esters is 1. The standard InChI is InChI=1S/C19H16ClNO5S/c1-12-3-8-15(27(2,23)24)9-16(12)19(22)25-11-18-21-10-17(26-18)13-4-6-14(20)7-5-13/h3-10H,11H2,1-2H3. The van der Waals surface area contributed by atoms with Gasteiger partial charge in [-0.2, -0.15) is 0 Å². The van der Waals surface area contributed by atoms with Crippen molar-refractivity contribution in [2.45, 2.75) is 18.4 Å². The van der Waals surface area contributed by atoms with Gasteiger partial charge in [-0.1, -0.05) is 17.7 Å². The molecule has 6 nitrogen and oxygen atoms in total. The predicted octanol–water partition coefficient (Wildman–Crippen LogP) is 4.06. The summed E-state index contributed by atoms with van der Waals surface area (Å²) in [7, 11) is -3.42. The fourth-order valence-electron chi connectivity index (χ4n) is 2.38. The lowest BCUT2D eigenvalue weighted by Crippen LogP contribution is -2.09. The Balaban J connectivity index is 1.72. The molecule has 0 spiro atoms. The van der Waals surface area contributed by atoms with Gasteiger partial charge < -0.3 is 9.15 Å². The summed E-state index contributed by atoms with van der Waals surface area (Å²) in [6.07, 6.45) is 2.61. The fourth-order valence-corrected chi connectivity index (χ4v) is 3.15. The molecule has 0 radical (unpaired) electrons. The van der Waals surface area contributed by atoms with E-state index in [4.69, 9.17) is 20.8 Å². The van der Waals surface area contributed by atoms with Crippen molar-refractivity contribution in [2.24, 2.45) is 0 Å². The van der Waals surface area contributed by atoms with E-state index in [1.165, 1.54) is 18.3 Å². The number of sulfone groups is 1. The Hall–Kier alpha value is -2.64. The number of aryl methyl sites for hydroxylation is 1. The van der Waals surface area contributed by atoms with Crippen LogP contribution in [0, 0.1) is 6.92 Å². The highest BCUT2D eigenvalue weighted by molar-refractivity contribution is 7.90. The smallest absolute Gasteiger partial charge is 0.338 e. The number of benzene rings is 2. The largest absolute Gasteiger partial charge is 0.452 e. The molecular formula is C19H16ClNO5S.